The maximum absolute atomic E-state index is 7.95. The average molecular weight is 402 g/mol. The van der Waals surface area contributed by atoms with Crippen LogP contribution >= 0.6 is 0 Å². The molecule has 0 spiro atoms. The van der Waals surface area contributed by atoms with Crippen LogP contribution in [0.2, 0.25) is 0 Å². The molecule has 0 amide bonds. The molecule has 0 saturated heterocycles. The summed E-state index contributed by atoms with van der Waals surface area (Å²) in [4.78, 5) is 8.93. The lowest BCUT2D eigenvalue weighted by Gasteiger charge is -2.14. The van der Waals surface area contributed by atoms with Crippen molar-refractivity contribution in [2.75, 3.05) is 26.2 Å². The number of unbranched alkanes of at least 4 members (excludes halogenated alkanes) is 5. The van der Waals surface area contributed by atoms with E-state index in [0.29, 0.717) is 12.5 Å². The zero-order valence-corrected chi connectivity index (χ0v) is 17.2. The van der Waals surface area contributed by atoms with E-state index in [9.17, 15) is 0 Å². The van der Waals surface area contributed by atoms with Crippen LogP contribution in [-0.2, 0) is 6.54 Å². The Morgan fingerprint density at radius 2 is 1.72 bits per heavy atom. The zero-order chi connectivity index (χ0) is 20.7. The molecule has 160 valence electrons. The SMILES string of the molecule is N=C(N)NCCCCCCCCNC(=N)NCc1ccc(C2=NCCCN2)cn1. The summed E-state index contributed by atoms with van der Waals surface area (Å²) in [7, 11) is 0. The normalized spacial score (nSPS) is 13.2. The number of hydrogen-bond donors (Lipinski definition) is 7. The summed E-state index contributed by atoms with van der Waals surface area (Å²) in [5, 5.41) is 27.3. The summed E-state index contributed by atoms with van der Waals surface area (Å²) in [5.74, 6) is 1.31. The highest BCUT2D eigenvalue weighted by Gasteiger charge is 2.07. The second-order valence-electron chi connectivity index (χ2n) is 7.17. The molecule has 9 heteroatoms. The van der Waals surface area contributed by atoms with E-state index in [1.165, 1.54) is 12.8 Å². The van der Waals surface area contributed by atoms with Crippen molar-refractivity contribution >= 4 is 17.8 Å². The Bertz CT molecular complexity index is 654. The summed E-state index contributed by atoms with van der Waals surface area (Å²) >= 11 is 0. The smallest absolute Gasteiger partial charge is 0.188 e. The summed E-state index contributed by atoms with van der Waals surface area (Å²) in [6.07, 6.45) is 9.71. The lowest BCUT2D eigenvalue weighted by atomic mass is 10.1. The molecular formula is C20H35N9. The number of aromatic nitrogens is 1. The molecule has 0 radical (unpaired) electrons. The maximum Gasteiger partial charge on any atom is 0.188 e. The number of hydrogen-bond acceptors (Lipinski definition) is 5. The monoisotopic (exact) mass is 401 g/mol. The molecule has 0 fully saturated rings. The van der Waals surface area contributed by atoms with Gasteiger partial charge in [-0.15, -0.1) is 0 Å². The number of guanidine groups is 2. The first-order valence-corrected chi connectivity index (χ1v) is 10.5. The lowest BCUT2D eigenvalue weighted by molar-refractivity contribution is 0.583. The minimum absolute atomic E-state index is 0.0478. The van der Waals surface area contributed by atoms with E-state index >= 15 is 0 Å². The molecule has 1 aromatic heterocycles. The third-order valence-electron chi connectivity index (χ3n) is 4.66. The fourth-order valence-corrected chi connectivity index (χ4v) is 3.03. The van der Waals surface area contributed by atoms with Gasteiger partial charge < -0.3 is 27.0 Å². The first kappa shape index (κ1) is 22.4. The van der Waals surface area contributed by atoms with Crippen molar-refractivity contribution in [2.24, 2.45) is 10.7 Å². The van der Waals surface area contributed by atoms with Gasteiger partial charge in [-0.05, 0) is 31.4 Å². The van der Waals surface area contributed by atoms with Crippen molar-refractivity contribution in [3.05, 3.63) is 29.6 Å². The van der Waals surface area contributed by atoms with Crippen molar-refractivity contribution in [3.8, 4) is 0 Å². The van der Waals surface area contributed by atoms with Gasteiger partial charge in [-0.3, -0.25) is 20.8 Å². The highest BCUT2D eigenvalue weighted by Crippen LogP contribution is 2.05. The third-order valence-corrected chi connectivity index (χ3v) is 4.66. The van der Waals surface area contributed by atoms with Gasteiger partial charge in [-0.2, -0.15) is 0 Å². The van der Waals surface area contributed by atoms with Crippen LogP contribution in [0.15, 0.2) is 23.3 Å². The van der Waals surface area contributed by atoms with Crippen molar-refractivity contribution in [2.45, 2.75) is 51.5 Å². The molecule has 2 heterocycles. The van der Waals surface area contributed by atoms with Crippen LogP contribution in [0.1, 0.15) is 56.2 Å². The molecular weight excluding hydrogens is 366 g/mol. The fraction of sp³-hybridized carbons (Fsp3) is 0.600. The molecule has 0 bridgehead atoms. The molecule has 9 nitrogen and oxygen atoms in total. The van der Waals surface area contributed by atoms with E-state index in [1.54, 1.807) is 0 Å². The topological polar surface area (TPSA) is 147 Å². The molecule has 29 heavy (non-hydrogen) atoms. The fourth-order valence-electron chi connectivity index (χ4n) is 3.03. The van der Waals surface area contributed by atoms with E-state index in [1.807, 2.05) is 18.3 Å². The van der Waals surface area contributed by atoms with Gasteiger partial charge in [-0.25, -0.2) is 0 Å². The highest BCUT2D eigenvalue weighted by atomic mass is 15.1. The number of aliphatic imine (C=N–C) groups is 1. The Hall–Kier alpha value is -2.84. The van der Waals surface area contributed by atoms with E-state index in [-0.39, 0.29) is 5.96 Å². The number of amidine groups is 1. The minimum atomic E-state index is 0.0478. The quantitative estimate of drug-likeness (QED) is 0.159. The van der Waals surface area contributed by atoms with Gasteiger partial charge in [0.05, 0.1) is 12.2 Å². The van der Waals surface area contributed by atoms with Crippen molar-refractivity contribution < 1.29 is 0 Å². The largest absolute Gasteiger partial charge is 0.370 e. The standard InChI is InChI=1S/C20H35N9/c21-19(22)26-10-5-3-1-2-4-6-11-27-20(23)29-15-17-9-8-16(14-28-17)18-24-12-7-13-25-18/h8-9,14H,1-7,10-13,15H2,(H,24,25)(H4,21,22,26)(H3,23,27,29). The molecule has 0 saturated carbocycles. The van der Waals surface area contributed by atoms with E-state index in [0.717, 1.165) is 75.4 Å². The van der Waals surface area contributed by atoms with Crippen LogP contribution < -0.4 is 27.0 Å². The van der Waals surface area contributed by atoms with Crippen molar-refractivity contribution in [3.63, 3.8) is 0 Å². The van der Waals surface area contributed by atoms with Gasteiger partial charge in [0, 0.05) is 37.9 Å². The van der Waals surface area contributed by atoms with E-state index in [2.05, 4.69) is 31.2 Å². The molecule has 2 rings (SSSR count). The Labute approximate surface area is 173 Å². The maximum atomic E-state index is 7.95. The van der Waals surface area contributed by atoms with Crippen LogP contribution in [-0.4, -0.2) is 48.9 Å². The highest BCUT2D eigenvalue weighted by molar-refractivity contribution is 5.98. The first-order chi connectivity index (χ1) is 14.1. The van der Waals surface area contributed by atoms with Gasteiger partial charge in [0.2, 0.25) is 0 Å². The molecule has 0 atom stereocenters. The van der Waals surface area contributed by atoms with E-state index < -0.39 is 0 Å². The number of rotatable bonds is 12. The van der Waals surface area contributed by atoms with Gasteiger partial charge >= 0.3 is 0 Å². The zero-order valence-electron chi connectivity index (χ0n) is 17.2. The van der Waals surface area contributed by atoms with Gasteiger partial charge in [-0.1, -0.05) is 25.7 Å². The van der Waals surface area contributed by atoms with Crippen molar-refractivity contribution in [1.82, 2.24) is 26.3 Å². The molecule has 0 aliphatic carbocycles. The predicted molar refractivity (Wildman–Crippen MR) is 118 cm³/mol. The van der Waals surface area contributed by atoms with Crippen LogP contribution in [0.4, 0.5) is 0 Å². The van der Waals surface area contributed by atoms with Crippen molar-refractivity contribution in [1.29, 1.82) is 10.8 Å². The lowest BCUT2D eigenvalue weighted by Crippen LogP contribution is -2.36. The van der Waals surface area contributed by atoms with Crippen LogP contribution in [0.25, 0.3) is 0 Å². The van der Waals surface area contributed by atoms with Crippen LogP contribution in [0.3, 0.4) is 0 Å². The second kappa shape index (κ2) is 13.4. The number of nitrogens with two attached hydrogens (primary N) is 1. The summed E-state index contributed by atoms with van der Waals surface area (Å²) < 4.78 is 0. The molecule has 0 unspecified atom stereocenters. The van der Waals surface area contributed by atoms with Gasteiger partial charge in [0.25, 0.3) is 0 Å². The van der Waals surface area contributed by atoms with Crippen LogP contribution in [0, 0.1) is 10.8 Å². The number of pyridine rings is 1. The molecule has 0 aromatic carbocycles. The first-order valence-electron chi connectivity index (χ1n) is 10.5. The molecule has 1 aliphatic rings. The Balaban J connectivity index is 1.48. The molecule has 1 aliphatic heterocycles. The summed E-state index contributed by atoms with van der Waals surface area (Å²) in [6.45, 7) is 3.94. The second-order valence-corrected chi connectivity index (χ2v) is 7.17. The predicted octanol–water partition coefficient (Wildman–Crippen LogP) is 1.26. The Kier molecular flexibility index (Phi) is 10.3. The molecule has 1 aromatic rings. The van der Waals surface area contributed by atoms with Gasteiger partial charge in [0.1, 0.15) is 5.84 Å². The van der Waals surface area contributed by atoms with E-state index in [4.69, 9.17) is 16.6 Å². The minimum Gasteiger partial charge on any atom is -0.370 e. The summed E-state index contributed by atoms with van der Waals surface area (Å²) in [6, 6.07) is 3.99. The Morgan fingerprint density at radius 3 is 2.34 bits per heavy atom. The number of nitrogens with zero attached hydrogens (tertiary/aromatic N) is 2. The molecule has 8 N–H and O–H groups in total. The van der Waals surface area contributed by atoms with Gasteiger partial charge in [0.15, 0.2) is 11.9 Å². The third kappa shape index (κ3) is 9.77. The average Bonchev–Trinajstić information content (AvgIpc) is 2.74. The number of nitrogens with one attached hydrogen (secondary N) is 6. The summed E-state index contributed by atoms with van der Waals surface area (Å²) in [5.41, 5.74) is 7.14. The van der Waals surface area contributed by atoms with Crippen LogP contribution in [0.5, 0.6) is 0 Å². The Morgan fingerprint density at radius 1 is 1.00 bits per heavy atom.